The molecule has 0 saturated heterocycles. The summed E-state index contributed by atoms with van der Waals surface area (Å²) in [5, 5.41) is 0. The van der Waals surface area contributed by atoms with Crippen molar-refractivity contribution in [2.45, 2.75) is 76.6 Å². The van der Waals surface area contributed by atoms with Gasteiger partial charge >= 0.3 is 30.9 Å². The lowest BCUT2D eigenvalue weighted by Crippen LogP contribution is -2.45. The molecular formula is C76H50F20O2. The van der Waals surface area contributed by atoms with E-state index in [1.54, 1.807) is 0 Å². The van der Waals surface area contributed by atoms with E-state index < -0.39 is 171 Å². The molecule has 0 aromatic heterocycles. The predicted octanol–water partition coefficient (Wildman–Crippen LogP) is 23.2. The molecule has 0 amide bonds. The number of hydrogen-bond acceptors (Lipinski definition) is 2. The SMILES string of the molecule is CC.CC.CC1(F)C=CC=C(C(c2ccc(C3=C(c4ccc(F)cc4)C(=O)C(c4ccc(F)cc4)=C3c3cc(C(F)(F)F)cc(C(F)(F)F)c3)cc2)(c2ccc(C3=C(c4ccc(F)cc4)C(=O)C(c4ccc(F)cc4)=C3c3cc(C(F)(F)F)cc(C(F)(F)F)c3)cc2)C(F)(F)F)C=C1. The molecule has 0 spiro atoms. The highest BCUT2D eigenvalue weighted by Crippen LogP contribution is 2.57. The zero-order valence-corrected chi connectivity index (χ0v) is 51.6. The van der Waals surface area contributed by atoms with Crippen LogP contribution < -0.4 is 0 Å². The Hall–Kier alpha value is -10.1. The van der Waals surface area contributed by atoms with E-state index >= 15 is 27.2 Å². The molecule has 0 radical (unpaired) electrons. The molecule has 0 saturated carbocycles. The molecule has 11 rings (SSSR count). The third-order valence-corrected chi connectivity index (χ3v) is 16.1. The molecule has 8 aromatic carbocycles. The van der Waals surface area contributed by atoms with Gasteiger partial charge in [-0.05, 0) is 165 Å². The maximum absolute atomic E-state index is 17.2. The van der Waals surface area contributed by atoms with Crippen LogP contribution >= 0.6 is 0 Å². The van der Waals surface area contributed by atoms with Crippen molar-refractivity contribution in [1.82, 2.24) is 0 Å². The summed E-state index contributed by atoms with van der Waals surface area (Å²) in [4.78, 5) is 30.2. The van der Waals surface area contributed by atoms with E-state index in [2.05, 4.69) is 0 Å². The molecule has 3 aliphatic carbocycles. The Morgan fingerprint density at radius 2 is 0.531 bits per heavy atom. The second-order valence-electron chi connectivity index (χ2n) is 22.1. The van der Waals surface area contributed by atoms with Crippen molar-refractivity contribution in [2.75, 3.05) is 0 Å². The lowest BCUT2D eigenvalue weighted by molar-refractivity contribution is -0.166. The fourth-order valence-electron chi connectivity index (χ4n) is 11.8. The molecule has 22 heteroatoms. The first-order valence-corrected chi connectivity index (χ1v) is 29.7. The number of halogens is 20. The van der Waals surface area contributed by atoms with Crippen LogP contribution in [0, 0.1) is 23.3 Å². The van der Waals surface area contributed by atoms with Crippen molar-refractivity contribution in [3.63, 3.8) is 0 Å². The summed E-state index contributed by atoms with van der Waals surface area (Å²) in [5.74, 6) is -5.83. The first-order chi connectivity index (χ1) is 46.0. The standard InChI is InChI=1S/C72H38F20O2.2C2H6/c1-66(77)29-2-3-45(28-30-66)67(72(90,91)92,46-16-4-37(5-17-46)56-58(43-31-48(68(78,79)80)35-49(32-43)69(81,82)83)62(41-12-24-54(75)25-13-41)64(93)60(56)39-8-20-52(73)21-9-39)47-18-6-38(7-19-47)57-59(44-33-50(70(84,85)86)36-51(34-44)71(87,88)89)63(42-14-26-55(76)27-15-42)65(94)61(57)40-10-22-53(74)23-11-40;2*1-2/h2-36H,1H3;2*1-2H3. The van der Waals surface area contributed by atoms with E-state index in [-0.39, 0.29) is 45.5 Å². The van der Waals surface area contributed by atoms with E-state index in [0.717, 1.165) is 183 Å². The monoisotopic (exact) mass is 1370 g/mol. The fourth-order valence-corrected chi connectivity index (χ4v) is 11.8. The zero-order valence-electron chi connectivity index (χ0n) is 51.6. The number of rotatable bonds is 11. The molecule has 506 valence electrons. The summed E-state index contributed by atoms with van der Waals surface area (Å²) >= 11 is 0. The predicted molar refractivity (Wildman–Crippen MR) is 334 cm³/mol. The highest BCUT2D eigenvalue weighted by Gasteiger charge is 2.59. The first kappa shape index (κ1) is 72.2. The van der Waals surface area contributed by atoms with Gasteiger partial charge in [0.2, 0.25) is 0 Å². The van der Waals surface area contributed by atoms with Gasteiger partial charge in [0.1, 0.15) is 34.4 Å². The van der Waals surface area contributed by atoms with Gasteiger partial charge in [0.25, 0.3) is 0 Å². The molecule has 0 heterocycles. The Morgan fingerprint density at radius 1 is 0.296 bits per heavy atom. The molecule has 98 heavy (non-hydrogen) atoms. The van der Waals surface area contributed by atoms with E-state index in [0.29, 0.717) is 24.3 Å². The quantitative estimate of drug-likeness (QED) is 0.121. The highest BCUT2D eigenvalue weighted by atomic mass is 19.4. The van der Waals surface area contributed by atoms with E-state index in [1.807, 2.05) is 27.7 Å². The Kier molecular flexibility index (Phi) is 19.9. The molecule has 0 bridgehead atoms. The van der Waals surface area contributed by atoms with Crippen LogP contribution in [0.1, 0.15) is 113 Å². The molecule has 2 nitrogen and oxygen atoms in total. The van der Waals surface area contributed by atoms with Crippen LogP contribution in [0.2, 0.25) is 0 Å². The first-order valence-electron chi connectivity index (χ1n) is 29.7. The van der Waals surface area contributed by atoms with Crippen molar-refractivity contribution in [1.29, 1.82) is 0 Å². The summed E-state index contributed by atoms with van der Waals surface area (Å²) in [6, 6.07) is 22.6. The van der Waals surface area contributed by atoms with E-state index in [1.165, 1.54) is 0 Å². The molecule has 1 atom stereocenters. The summed E-state index contributed by atoms with van der Waals surface area (Å²) in [5.41, 5.74) is -23.9. The third-order valence-electron chi connectivity index (χ3n) is 16.1. The van der Waals surface area contributed by atoms with Crippen molar-refractivity contribution in [2.24, 2.45) is 0 Å². The van der Waals surface area contributed by atoms with Gasteiger partial charge < -0.3 is 0 Å². The number of carbonyl (C=O) groups is 2. The van der Waals surface area contributed by atoms with Gasteiger partial charge in [-0.25, -0.2) is 22.0 Å². The fraction of sp³-hybridized carbons (Fsp3) is 0.158. The van der Waals surface area contributed by atoms with Gasteiger partial charge in [0, 0.05) is 44.6 Å². The zero-order chi connectivity index (χ0) is 72.0. The van der Waals surface area contributed by atoms with Crippen LogP contribution in [0.15, 0.2) is 218 Å². The maximum atomic E-state index is 17.2. The van der Waals surface area contributed by atoms with Gasteiger partial charge in [-0.15, -0.1) is 0 Å². The summed E-state index contributed by atoms with van der Waals surface area (Å²) in [6.07, 6.45) is -23.3. The number of carbonyl (C=O) groups excluding carboxylic acids is 2. The van der Waals surface area contributed by atoms with Crippen molar-refractivity contribution >= 4 is 56.2 Å². The van der Waals surface area contributed by atoms with E-state index in [4.69, 9.17) is 0 Å². The van der Waals surface area contributed by atoms with Gasteiger partial charge in [-0.3, -0.25) is 9.59 Å². The largest absolute Gasteiger partial charge is 0.416 e. The lowest BCUT2D eigenvalue weighted by Gasteiger charge is -2.38. The van der Waals surface area contributed by atoms with Crippen molar-refractivity contribution in [3.8, 4) is 0 Å². The van der Waals surface area contributed by atoms with Crippen molar-refractivity contribution < 1.29 is 97.4 Å². The normalized spacial score (nSPS) is 16.3. The number of alkyl halides is 16. The van der Waals surface area contributed by atoms with E-state index in [9.17, 15) is 70.2 Å². The number of hydrogen-bond donors (Lipinski definition) is 0. The Labute approximate surface area is 547 Å². The molecule has 0 aliphatic heterocycles. The smallest absolute Gasteiger partial charge is 0.289 e. The molecule has 1 unspecified atom stereocenters. The average molecular weight is 1380 g/mol. The number of benzene rings is 8. The van der Waals surface area contributed by atoms with Gasteiger partial charge in [0.05, 0.1) is 22.3 Å². The Bertz CT molecular complexity index is 4270. The lowest BCUT2D eigenvalue weighted by atomic mass is 9.67. The number of Topliss-reactive ketones (excluding diaryl/α,β-unsaturated/α-hetero) is 2. The van der Waals surface area contributed by atoms with Crippen LogP contribution in [0.25, 0.3) is 44.6 Å². The minimum atomic E-state index is -5.61. The minimum Gasteiger partial charge on any atom is -0.289 e. The second kappa shape index (κ2) is 27.1. The van der Waals surface area contributed by atoms with Crippen molar-refractivity contribution in [3.05, 3.63) is 319 Å². The summed E-state index contributed by atoms with van der Waals surface area (Å²) < 4.78 is 302. The second-order valence-corrected chi connectivity index (χ2v) is 22.1. The molecular weight excluding hydrogens is 1320 g/mol. The van der Waals surface area contributed by atoms with Crippen LogP contribution in [0.4, 0.5) is 87.8 Å². The van der Waals surface area contributed by atoms with Crippen LogP contribution in [0.3, 0.4) is 0 Å². The minimum absolute atomic E-state index is 0.197. The Balaban J connectivity index is 0.00000276. The number of allylic oxidation sites excluding steroid dienone is 14. The van der Waals surface area contributed by atoms with Gasteiger partial charge in [-0.2, -0.15) is 65.9 Å². The van der Waals surface area contributed by atoms with Gasteiger partial charge in [0.15, 0.2) is 11.6 Å². The maximum Gasteiger partial charge on any atom is 0.416 e. The third kappa shape index (κ3) is 14.0. The van der Waals surface area contributed by atoms with Crippen LogP contribution in [-0.2, 0) is 39.7 Å². The molecule has 8 aromatic rings. The molecule has 0 N–H and O–H groups in total. The van der Waals surface area contributed by atoms with Crippen LogP contribution in [-0.4, -0.2) is 23.4 Å². The van der Waals surface area contributed by atoms with Crippen LogP contribution in [0.5, 0.6) is 0 Å². The summed E-state index contributed by atoms with van der Waals surface area (Å²) in [6.45, 7) is 8.99. The Morgan fingerprint density at radius 3 is 0.776 bits per heavy atom. The highest BCUT2D eigenvalue weighted by molar-refractivity contribution is 6.60. The summed E-state index contributed by atoms with van der Waals surface area (Å²) in [7, 11) is 0. The van der Waals surface area contributed by atoms with Gasteiger partial charge in [-0.1, -0.05) is 143 Å². The topological polar surface area (TPSA) is 34.1 Å². The molecule has 3 aliphatic rings. The number of ketones is 2. The average Bonchev–Trinajstić information content (AvgIpc) is 0.994. The molecule has 0 fully saturated rings.